The maximum absolute atomic E-state index is 12.6. The van der Waals surface area contributed by atoms with E-state index in [1.807, 2.05) is 0 Å². The number of carboxylic acid groups (broad SMARTS) is 1. The van der Waals surface area contributed by atoms with Gasteiger partial charge in [0.15, 0.2) is 5.92 Å². The van der Waals surface area contributed by atoms with Crippen LogP contribution in [0.4, 0.5) is 26.3 Å². The zero-order valence-corrected chi connectivity index (χ0v) is 11.2. The highest BCUT2D eigenvalue weighted by atomic mass is 19.4. The summed E-state index contributed by atoms with van der Waals surface area (Å²) in [5.74, 6) is -7.15. The van der Waals surface area contributed by atoms with Gasteiger partial charge in [0, 0.05) is 0 Å². The molecule has 0 rings (SSSR count). The number of carbonyl (C=O) groups is 1. The molecule has 0 saturated heterocycles. The Hall–Kier alpha value is -0.950. The van der Waals surface area contributed by atoms with E-state index in [4.69, 9.17) is 5.11 Å². The first-order chi connectivity index (χ1) is 8.95. The Labute approximate surface area is 113 Å². The Bertz CT molecular complexity index is 296. The topological polar surface area (TPSA) is 37.3 Å². The minimum absolute atomic E-state index is 0.175. The van der Waals surface area contributed by atoms with Crippen LogP contribution < -0.4 is 0 Å². The average Bonchev–Trinajstić information content (AvgIpc) is 2.23. The van der Waals surface area contributed by atoms with Gasteiger partial charge < -0.3 is 5.11 Å². The molecule has 1 N–H and O–H groups in total. The van der Waals surface area contributed by atoms with Crippen molar-refractivity contribution < 1.29 is 36.2 Å². The van der Waals surface area contributed by atoms with Gasteiger partial charge in [0.05, 0.1) is 5.92 Å². The fraction of sp³-hybridized carbons (Fsp3) is 0.917. The summed E-state index contributed by atoms with van der Waals surface area (Å²) in [7, 11) is 0. The summed E-state index contributed by atoms with van der Waals surface area (Å²) in [6.45, 7) is 2.78. The predicted molar refractivity (Wildman–Crippen MR) is 60.0 cm³/mol. The second-order valence-electron chi connectivity index (χ2n) is 4.75. The van der Waals surface area contributed by atoms with E-state index in [9.17, 15) is 31.1 Å². The Morgan fingerprint density at radius 1 is 0.950 bits per heavy atom. The van der Waals surface area contributed by atoms with Crippen molar-refractivity contribution in [2.24, 2.45) is 17.8 Å². The lowest BCUT2D eigenvalue weighted by Gasteiger charge is -2.30. The van der Waals surface area contributed by atoms with Crippen molar-refractivity contribution in [2.45, 2.75) is 51.9 Å². The van der Waals surface area contributed by atoms with Crippen LogP contribution in [-0.4, -0.2) is 23.4 Å². The molecule has 0 saturated carbocycles. The summed E-state index contributed by atoms with van der Waals surface area (Å²) in [6.07, 6.45) is -11.5. The molecular weight excluding hydrogens is 290 g/mol. The number of aliphatic carboxylic acids is 1. The molecule has 0 spiro atoms. The molecule has 0 fully saturated rings. The van der Waals surface area contributed by atoms with E-state index in [0.717, 1.165) is 0 Å². The number of rotatable bonds is 7. The highest BCUT2D eigenvalue weighted by Gasteiger charge is 2.59. The summed E-state index contributed by atoms with van der Waals surface area (Å²) < 4.78 is 75.5. The smallest absolute Gasteiger partial charge is 0.400 e. The first-order valence-corrected chi connectivity index (χ1v) is 6.31. The van der Waals surface area contributed by atoms with Crippen molar-refractivity contribution in [3.05, 3.63) is 0 Å². The summed E-state index contributed by atoms with van der Waals surface area (Å²) in [6, 6.07) is 0. The predicted octanol–water partition coefficient (Wildman–Crippen LogP) is 4.64. The Morgan fingerprint density at radius 3 is 1.65 bits per heavy atom. The van der Waals surface area contributed by atoms with Gasteiger partial charge in [-0.05, 0) is 25.2 Å². The molecule has 2 nitrogen and oxygen atoms in total. The molecule has 0 radical (unpaired) electrons. The lowest BCUT2D eigenvalue weighted by atomic mass is 9.82. The summed E-state index contributed by atoms with van der Waals surface area (Å²) in [5.41, 5.74) is 0. The Kier molecular flexibility index (Phi) is 6.83. The van der Waals surface area contributed by atoms with Gasteiger partial charge in [-0.3, -0.25) is 4.79 Å². The second-order valence-corrected chi connectivity index (χ2v) is 4.75. The van der Waals surface area contributed by atoms with Crippen molar-refractivity contribution in [1.29, 1.82) is 0 Å². The summed E-state index contributed by atoms with van der Waals surface area (Å²) in [5, 5.41) is 8.77. The third-order valence-corrected chi connectivity index (χ3v) is 3.43. The minimum Gasteiger partial charge on any atom is -0.481 e. The Morgan fingerprint density at radius 2 is 1.40 bits per heavy atom. The Balaban J connectivity index is 4.99. The van der Waals surface area contributed by atoms with E-state index in [2.05, 4.69) is 0 Å². The lowest BCUT2D eigenvalue weighted by Crippen LogP contribution is -2.42. The number of hydrogen-bond acceptors (Lipinski definition) is 1. The monoisotopic (exact) mass is 308 g/mol. The van der Waals surface area contributed by atoms with Gasteiger partial charge >= 0.3 is 18.3 Å². The summed E-state index contributed by atoms with van der Waals surface area (Å²) in [4.78, 5) is 10.8. The standard InChI is InChI=1S/C12H18F6O2/c1-3-7(5-6-8(4-2)10(19)20)9(11(13,14)15)12(16,17)18/h7-9H,3-6H2,1-2H3,(H,19,20). The summed E-state index contributed by atoms with van der Waals surface area (Å²) >= 11 is 0. The van der Waals surface area contributed by atoms with Crippen molar-refractivity contribution >= 4 is 5.97 Å². The molecule has 2 atom stereocenters. The van der Waals surface area contributed by atoms with Crippen LogP contribution >= 0.6 is 0 Å². The van der Waals surface area contributed by atoms with Crippen LogP contribution in [0.5, 0.6) is 0 Å². The molecule has 0 aromatic rings. The number of carboxylic acids is 1. The van der Waals surface area contributed by atoms with Gasteiger partial charge in [-0.15, -0.1) is 0 Å². The molecule has 0 aliphatic carbocycles. The van der Waals surface area contributed by atoms with Crippen molar-refractivity contribution in [3.8, 4) is 0 Å². The molecule has 2 unspecified atom stereocenters. The van der Waals surface area contributed by atoms with Crippen molar-refractivity contribution in [3.63, 3.8) is 0 Å². The fourth-order valence-corrected chi connectivity index (χ4v) is 2.24. The van der Waals surface area contributed by atoms with E-state index in [1.165, 1.54) is 13.8 Å². The van der Waals surface area contributed by atoms with Crippen LogP contribution in [0.1, 0.15) is 39.5 Å². The zero-order valence-electron chi connectivity index (χ0n) is 11.2. The number of hydrogen-bond donors (Lipinski definition) is 1. The highest BCUT2D eigenvalue weighted by Crippen LogP contribution is 2.46. The van der Waals surface area contributed by atoms with Crippen LogP contribution in [0.3, 0.4) is 0 Å². The van der Waals surface area contributed by atoms with Crippen LogP contribution in [0.15, 0.2) is 0 Å². The largest absolute Gasteiger partial charge is 0.481 e. The molecule has 0 heterocycles. The van der Waals surface area contributed by atoms with Crippen LogP contribution in [0.2, 0.25) is 0 Å². The number of halogens is 6. The van der Waals surface area contributed by atoms with Gasteiger partial charge in [0.1, 0.15) is 0 Å². The maximum atomic E-state index is 12.6. The molecule has 0 amide bonds. The molecule has 0 aliphatic rings. The van der Waals surface area contributed by atoms with Gasteiger partial charge in [-0.1, -0.05) is 20.3 Å². The molecule has 0 bridgehead atoms. The maximum Gasteiger partial charge on any atom is 0.400 e. The first kappa shape index (κ1) is 19.1. The van der Waals surface area contributed by atoms with E-state index in [-0.39, 0.29) is 19.3 Å². The normalized spacial score (nSPS) is 16.2. The van der Waals surface area contributed by atoms with Gasteiger partial charge in [-0.2, -0.15) is 26.3 Å². The molecule has 120 valence electrons. The number of alkyl halides is 6. The van der Waals surface area contributed by atoms with E-state index in [1.54, 1.807) is 0 Å². The van der Waals surface area contributed by atoms with Crippen LogP contribution in [0, 0.1) is 17.8 Å². The van der Waals surface area contributed by atoms with E-state index >= 15 is 0 Å². The average molecular weight is 308 g/mol. The third kappa shape index (κ3) is 5.58. The van der Waals surface area contributed by atoms with Crippen LogP contribution in [0.25, 0.3) is 0 Å². The fourth-order valence-electron chi connectivity index (χ4n) is 2.24. The van der Waals surface area contributed by atoms with E-state index < -0.39 is 42.5 Å². The molecule has 20 heavy (non-hydrogen) atoms. The molecule has 0 aromatic heterocycles. The lowest BCUT2D eigenvalue weighted by molar-refractivity contribution is -0.299. The van der Waals surface area contributed by atoms with E-state index in [0.29, 0.717) is 0 Å². The van der Waals surface area contributed by atoms with Crippen molar-refractivity contribution in [2.75, 3.05) is 0 Å². The molecule has 0 aliphatic heterocycles. The molecule has 8 heteroatoms. The molecule has 0 aromatic carbocycles. The quantitative estimate of drug-likeness (QED) is 0.695. The highest BCUT2D eigenvalue weighted by molar-refractivity contribution is 5.69. The van der Waals surface area contributed by atoms with Gasteiger partial charge in [0.25, 0.3) is 0 Å². The van der Waals surface area contributed by atoms with Gasteiger partial charge in [-0.25, -0.2) is 0 Å². The second kappa shape index (κ2) is 7.17. The SMILES string of the molecule is CCC(CCC(CC)C(C(F)(F)F)C(F)(F)F)C(=O)O. The molecular formula is C12H18F6O2. The van der Waals surface area contributed by atoms with Gasteiger partial charge in [0.2, 0.25) is 0 Å². The first-order valence-electron chi connectivity index (χ1n) is 6.31. The van der Waals surface area contributed by atoms with Crippen molar-refractivity contribution in [1.82, 2.24) is 0 Å². The third-order valence-electron chi connectivity index (χ3n) is 3.43. The van der Waals surface area contributed by atoms with Crippen LogP contribution in [-0.2, 0) is 4.79 Å². The zero-order chi connectivity index (χ0) is 16.1. The minimum atomic E-state index is -5.37.